The topological polar surface area (TPSA) is 54.7 Å². The largest absolute Gasteiger partial charge is 0.390 e. The number of hydrogen-bond donors (Lipinski definition) is 2. The molecule has 0 aliphatic heterocycles. The van der Waals surface area contributed by atoms with E-state index in [1.165, 1.54) is 10.4 Å². The molecule has 0 aliphatic rings. The molecule has 2 heterocycles. The highest BCUT2D eigenvalue weighted by Crippen LogP contribution is 2.33. The smallest absolute Gasteiger partial charge is 0.141 e. The highest BCUT2D eigenvalue weighted by atomic mass is 32.1. The van der Waals surface area contributed by atoms with Gasteiger partial charge in [-0.05, 0) is 31.0 Å². The molecule has 0 spiro atoms. The first-order chi connectivity index (χ1) is 8.69. The van der Waals surface area contributed by atoms with E-state index in [2.05, 4.69) is 35.9 Å². The molecule has 1 aromatic carbocycles. The Morgan fingerprint density at radius 1 is 1.39 bits per heavy atom. The number of benzene rings is 1. The molecule has 0 saturated heterocycles. The Balaban J connectivity index is 2.19. The molecule has 3 aromatic rings. The zero-order chi connectivity index (χ0) is 12.7. The third-order valence-corrected chi connectivity index (χ3v) is 4.24. The summed E-state index contributed by atoms with van der Waals surface area (Å²) in [6, 6.07) is 8.28. The van der Waals surface area contributed by atoms with Gasteiger partial charge in [0.1, 0.15) is 5.82 Å². The molecule has 4 heteroatoms. The first kappa shape index (κ1) is 11.3. The van der Waals surface area contributed by atoms with Crippen molar-refractivity contribution >= 4 is 27.4 Å². The Morgan fingerprint density at radius 3 is 2.89 bits per heavy atom. The molecule has 18 heavy (non-hydrogen) atoms. The number of hydrogen-bond acceptors (Lipinski definition) is 3. The Labute approximate surface area is 110 Å². The van der Waals surface area contributed by atoms with E-state index in [0.717, 1.165) is 33.8 Å². The zero-order valence-electron chi connectivity index (χ0n) is 10.4. The van der Waals surface area contributed by atoms with Crippen molar-refractivity contribution in [1.29, 1.82) is 0 Å². The molecule has 2 aromatic heterocycles. The van der Waals surface area contributed by atoms with E-state index in [4.69, 9.17) is 5.73 Å². The Morgan fingerprint density at radius 2 is 2.22 bits per heavy atom. The van der Waals surface area contributed by atoms with Crippen LogP contribution in [0.2, 0.25) is 0 Å². The lowest BCUT2D eigenvalue weighted by atomic mass is 10.2. The molecule has 0 unspecified atom stereocenters. The van der Waals surface area contributed by atoms with Gasteiger partial charge in [-0.15, -0.1) is 11.3 Å². The number of aromatic nitrogens is 2. The number of imidazole rings is 1. The number of thiophene rings is 1. The summed E-state index contributed by atoms with van der Waals surface area (Å²) in [5, 5.41) is 0.837. The molecular weight excluding hydrogens is 242 g/mol. The van der Waals surface area contributed by atoms with Crippen molar-refractivity contribution in [3.05, 3.63) is 34.7 Å². The molecular formula is C14H15N3S. The van der Waals surface area contributed by atoms with Crippen molar-refractivity contribution in [1.82, 2.24) is 9.97 Å². The van der Waals surface area contributed by atoms with Crippen LogP contribution in [0.15, 0.2) is 24.3 Å². The number of rotatable bonds is 2. The highest BCUT2D eigenvalue weighted by molar-refractivity contribution is 7.16. The molecule has 3 N–H and O–H groups in total. The van der Waals surface area contributed by atoms with Crippen LogP contribution in [0.4, 0.5) is 5.00 Å². The number of fused-ring (bicyclic) bond motifs is 1. The standard InChI is InChI=1S/C14H15N3S/c1-3-9-7-10(13(15)18-9)14-16-11-6-4-5-8(2)12(11)17-14/h4-7H,3,15H2,1-2H3,(H,16,17). The second-order valence-electron chi connectivity index (χ2n) is 4.40. The fraction of sp³-hybridized carbons (Fsp3) is 0.214. The second kappa shape index (κ2) is 4.14. The van der Waals surface area contributed by atoms with E-state index in [-0.39, 0.29) is 0 Å². The van der Waals surface area contributed by atoms with Gasteiger partial charge in [0.15, 0.2) is 0 Å². The zero-order valence-corrected chi connectivity index (χ0v) is 11.3. The van der Waals surface area contributed by atoms with E-state index in [1.54, 1.807) is 11.3 Å². The average Bonchev–Trinajstić information content (AvgIpc) is 2.93. The maximum absolute atomic E-state index is 6.07. The van der Waals surface area contributed by atoms with Gasteiger partial charge in [-0.3, -0.25) is 0 Å². The molecule has 92 valence electrons. The van der Waals surface area contributed by atoms with Crippen LogP contribution in [0.3, 0.4) is 0 Å². The van der Waals surface area contributed by atoms with Crippen molar-refractivity contribution in [3.8, 4) is 11.4 Å². The number of nitrogens with two attached hydrogens (primary N) is 1. The summed E-state index contributed by atoms with van der Waals surface area (Å²) in [4.78, 5) is 9.30. The third kappa shape index (κ3) is 1.69. The van der Waals surface area contributed by atoms with Crippen molar-refractivity contribution in [3.63, 3.8) is 0 Å². The quantitative estimate of drug-likeness (QED) is 0.734. The summed E-state index contributed by atoms with van der Waals surface area (Å²) < 4.78 is 0. The summed E-state index contributed by atoms with van der Waals surface area (Å²) >= 11 is 1.64. The molecule has 3 nitrogen and oxygen atoms in total. The molecule has 3 rings (SSSR count). The molecule has 0 amide bonds. The van der Waals surface area contributed by atoms with E-state index < -0.39 is 0 Å². The highest BCUT2D eigenvalue weighted by Gasteiger charge is 2.12. The minimum absolute atomic E-state index is 0.837. The van der Waals surface area contributed by atoms with Gasteiger partial charge in [-0.25, -0.2) is 4.98 Å². The monoisotopic (exact) mass is 257 g/mol. The Hall–Kier alpha value is -1.81. The number of aryl methyl sites for hydroxylation is 2. The first-order valence-electron chi connectivity index (χ1n) is 6.03. The van der Waals surface area contributed by atoms with Gasteiger partial charge in [0.05, 0.1) is 21.6 Å². The molecule has 0 atom stereocenters. The van der Waals surface area contributed by atoms with E-state index in [9.17, 15) is 0 Å². The number of nitrogens with zero attached hydrogens (tertiary/aromatic N) is 1. The molecule has 0 radical (unpaired) electrons. The average molecular weight is 257 g/mol. The Bertz CT molecular complexity index is 709. The summed E-state index contributed by atoms with van der Waals surface area (Å²) in [6.45, 7) is 4.21. The van der Waals surface area contributed by atoms with Gasteiger partial charge in [-0.2, -0.15) is 0 Å². The number of aromatic amines is 1. The fourth-order valence-corrected chi connectivity index (χ4v) is 2.99. The number of anilines is 1. The SMILES string of the molecule is CCc1cc(-c2nc3c(C)cccc3[nH]2)c(N)s1. The van der Waals surface area contributed by atoms with Crippen molar-refractivity contribution in [2.24, 2.45) is 0 Å². The summed E-state index contributed by atoms with van der Waals surface area (Å²) in [6.07, 6.45) is 1.01. The van der Waals surface area contributed by atoms with Crippen LogP contribution in [0.5, 0.6) is 0 Å². The van der Waals surface area contributed by atoms with Crippen LogP contribution in [0, 0.1) is 6.92 Å². The summed E-state index contributed by atoms with van der Waals surface area (Å²) in [5.41, 5.74) is 10.4. The van der Waals surface area contributed by atoms with E-state index >= 15 is 0 Å². The van der Waals surface area contributed by atoms with Crippen LogP contribution < -0.4 is 5.73 Å². The molecule has 0 bridgehead atoms. The van der Waals surface area contributed by atoms with E-state index in [1.807, 2.05) is 12.1 Å². The maximum Gasteiger partial charge on any atom is 0.141 e. The third-order valence-electron chi connectivity index (χ3n) is 3.13. The normalized spacial score (nSPS) is 11.2. The van der Waals surface area contributed by atoms with Gasteiger partial charge in [0.2, 0.25) is 0 Å². The second-order valence-corrected chi connectivity index (χ2v) is 5.57. The van der Waals surface area contributed by atoms with Crippen molar-refractivity contribution in [2.75, 3.05) is 5.73 Å². The number of nitrogen functional groups attached to an aromatic ring is 1. The predicted octanol–water partition coefficient (Wildman–Crippen LogP) is 3.74. The predicted molar refractivity (Wildman–Crippen MR) is 77.9 cm³/mol. The van der Waals surface area contributed by atoms with E-state index in [0.29, 0.717) is 0 Å². The van der Waals surface area contributed by atoms with Crippen LogP contribution in [-0.4, -0.2) is 9.97 Å². The Kier molecular flexibility index (Phi) is 2.59. The van der Waals surface area contributed by atoms with Crippen molar-refractivity contribution < 1.29 is 0 Å². The minimum Gasteiger partial charge on any atom is -0.390 e. The number of nitrogens with one attached hydrogen (secondary N) is 1. The fourth-order valence-electron chi connectivity index (χ4n) is 2.12. The van der Waals surface area contributed by atoms with Crippen LogP contribution in [-0.2, 0) is 6.42 Å². The molecule has 0 saturated carbocycles. The van der Waals surface area contributed by atoms with Gasteiger partial charge < -0.3 is 10.7 Å². The van der Waals surface area contributed by atoms with Gasteiger partial charge in [0, 0.05) is 4.88 Å². The number of para-hydroxylation sites is 1. The summed E-state index contributed by atoms with van der Waals surface area (Å²) in [5.74, 6) is 0.868. The van der Waals surface area contributed by atoms with Crippen LogP contribution in [0.25, 0.3) is 22.4 Å². The van der Waals surface area contributed by atoms with Crippen molar-refractivity contribution in [2.45, 2.75) is 20.3 Å². The maximum atomic E-state index is 6.07. The lowest BCUT2D eigenvalue weighted by molar-refractivity contribution is 1.18. The van der Waals surface area contributed by atoms with Gasteiger partial charge in [0.25, 0.3) is 0 Å². The summed E-state index contributed by atoms with van der Waals surface area (Å²) in [7, 11) is 0. The number of H-pyrrole nitrogens is 1. The first-order valence-corrected chi connectivity index (χ1v) is 6.84. The van der Waals surface area contributed by atoms with Gasteiger partial charge >= 0.3 is 0 Å². The minimum atomic E-state index is 0.837. The lowest BCUT2D eigenvalue weighted by Crippen LogP contribution is -1.84. The lowest BCUT2D eigenvalue weighted by Gasteiger charge is -1.92. The van der Waals surface area contributed by atoms with Crippen LogP contribution >= 0.6 is 11.3 Å². The molecule has 0 fully saturated rings. The van der Waals surface area contributed by atoms with Crippen LogP contribution in [0.1, 0.15) is 17.4 Å². The molecule has 0 aliphatic carbocycles. The van der Waals surface area contributed by atoms with Gasteiger partial charge in [-0.1, -0.05) is 19.1 Å².